The first-order valence-corrected chi connectivity index (χ1v) is 3.29. The van der Waals surface area contributed by atoms with Crippen molar-refractivity contribution < 1.29 is 4.79 Å². The van der Waals surface area contributed by atoms with Crippen LogP contribution in [0.25, 0.3) is 0 Å². The number of hydrogen-bond donors (Lipinski definition) is 0. The fourth-order valence-corrected chi connectivity index (χ4v) is 1.36. The second kappa shape index (κ2) is 1.56. The van der Waals surface area contributed by atoms with E-state index in [2.05, 4.69) is 6.08 Å². The third-order valence-electron chi connectivity index (χ3n) is 2.08. The van der Waals surface area contributed by atoms with E-state index in [1.165, 1.54) is 5.57 Å². The molecule has 1 heteroatoms. The lowest BCUT2D eigenvalue weighted by Crippen LogP contribution is -2.25. The third kappa shape index (κ3) is 0.576. The fraction of sp³-hybridized carbons (Fsp3) is 0.375. The Morgan fingerprint density at radius 3 is 2.89 bits per heavy atom. The highest BCUT2D eigenvalue weighted by Crippen LogP contribution is 2.36. The molecule has 0 heterocycles. The van der Waals surface area contributed by atoms with Crippen molar-refractivity contribution in [3.8, 4) is 0 Å². The zero-order valence-electron chi connectivity index (χ0n) is 5.13. The van der Waals surface area contributed by atoms with Gasteiger partial charge in [0.15, 0.2) is 5.78 Å². The largest absolute Gasteiger partial charge is 0.294 e. The summed E-state index contributed by atoms with van der Waals surface area (Å²) in [7, 11) is 0. The molecule has 2 aliphatic carbocycles. The molecule has 9 heavy (non-hydrogen) atoms. The number of ketones is 1. The molecule has 0 amide bonds. The number of carbonyl (C=O) groups is 1. The number of allylic oxidation sites excluding steroid dienone is 4. The number of rotatable bonds is 0. The van der Waals surface area contributed by atoms with Gasteiger partial charge in [0.2, 0.25) is 0 Å². The van der Waals surface area contributed by atoms with E-state index in [0.717, 1.165) is 12.8 Å². The monoisotopic (exact) mass is 120 g/mol. The minimum atomic E-state index is 0.287. The van der Waals surface area contributed by atoms with E-state index < -0.39 is 0 Å². The molecular formula is C8H8O. The van der Waals surface area contributed by atoms with Crippen molar-refractivity contribution in [1.29, 1.82) is 0 Å². The van der Waals surface area contributed by atoms with Crippen molar-refractivity contribution in [2.45, 2.75) is 12.8 Å². The number of carbonyl (C=O) groups excluding carboxylic acids is 1. The van der Waals surface area contributed by atoms with Gasteiger partial charge in [-0.05, 0) is 18.9 Å². The molecule has 0 aromatic carbocycles. The molecule has 0 aromatic heterocycles. The predicted molar refractivity (Wildman–Crippen MR) is 35.0 cm³/mol. The standard InChI is InChI=1S/C8H8O/c9-8-3-1-2-6-4-5-7(6)8/h1-3,7H,4-5H2. The predicted octanol–water partition coefficient (Wildman–Crippen LogP) is 1.46. The average Bonchev–Trinajstić information content (AvgIpc) is 1.74. The van der Waals surface area contributed by atoms with Gasteiger partial charge in [-0.3, -0.25) is 4.79 Å². The summed E-state index contributed by atoms with van der Waals surface area (Å²) in [5.41, 5.74) is 1.34. The first-order valence-electron chi connectivity index (χ1n) is 3.29. The van der Waals surface area contributed by atoms with Crippen LogP contribution in [0.15, 0.2) is 23.8 Å². The Kier molecular flexibility index (Phi) is 0.865. The van der Waals surface area contributed by atoms with Gasteiger partial charge in [-0.2, -0.15) is 0 Å². The van der Waals surface area contributed by atoms with E-state index in [0.29, 0.717) is 5.78 Å². The maximum atomic E-state index is 10.9. The van der Waals surface area contributed by atoms with Gasteiger partial charge in [0, 0.05) is 5.92 Å². The maximum Gasteiger partial charge on any atom is 0.162 e. The zero-order chi connectivity index (χ0) is 6.27. The van der Waals surface area contributed by atoms with Crippen LogP contribution >= 0.6 is 0 Å². The van der Waals surface area contributed by atoms with Crippen molar-refractivity contribution in [3.63, 3.8) is 0 Å². The lowest BCUT2D eigenvalue weighted by atomic mass is 9.74. The molecule has 46 valence electrons. The summed E-state index contributed by atoms with van der Waals surface area (Å²) in [6.07, 6.45) is 7.81. The van der Waals surface area contributed by atoms with Gasteiger partial charge >= 0.3 is 0 Å². The lowest BCUT2D eigenvalue weighted by Gasteiger charge is -2.29. The van der Waals surface area contributed by atoms with Crippen LogP contribution in [-0.2, 0) is 4.79 Å². The molecule has 0 spiro atoms. The van der Waals surface area contributed by atoms with E-state index in [1.807, 2.05) is 6.08 Å². The van der Waals surface area contributed by atoms with Crippen LogP contribution in [0, 0.1) is 5.92 Å². The van der Waals surface area contributed by atoms with Crippen LogP contribution in [0.1, 0.15) is 12.8 Å². The SMILES string of the molecule is O=C1C=CC=C2CCC12. The van der Waals surface area contributed by atoms with Gasteiger partial charge < -0.3 is 0 Å². The minimum Gasteiger partial charge on any atom is -0.294 e. The Balaban J connectivity index is 2.33. The summed E-state index contributed by atoms with van der Waals surface area (Å²) in [5, 5.41) is 0. The second-order valence-corrected chi connectivity index (χ2v) is 2.59. The van der Waals surface area contributed by atoms with Crippen molar-refractivity contribution >= 4 is 5.78 Å². The molecule has 1 saturated carbocycles. The zero-order valence-corrected chi connectivity index (χ0v) is 5.13. The van der Waals surface area contributed by atoms with Crippen LogP contribution < -0.4 is 0 Å². The molecule has 1 nitrogen and oxygen atoms in total. The summed E-state index contributed by atoms with van der Waals surface area (Å²) >= 11 is 0. The normalized spacial score (nSPS) is 30.9. The minimum absolute atomic E-state index is 0.287. The van der Waals surface area contributed by atoms with Gasteiger partial charge in [0.1, 0.15) is 0 Å². The number of fused-ring (bicyclic) bond motifs is 1. The van der Waals surface area contributed by atoms with E-state index in [1.54, 1.807) is 6.08 Å². The molecule has 0 saturated heterocycles. The average molecular weight is 120 g/mol. The van der Waals surface area contributed by atoms with Crippen LogP contribution in [0.3, 0.4) is 0 Å². The smallest absolute Gasteiger partial charge is 0.162 e. The highest BCUT2D eigenvalue weighted by atomic mass is 16.1. The summed E-state index contributed by atoms with van der Waals surface area (Å²) in [6.45, 7) is 0. The van der Waals surface area contributed by atoms with E-state index >= 15 is 0 Å². The van der Waals surface area contributed by atoms with Gasteiger partial charge in [-0.1, -0.05) is 17.7 Å². The summed E-state index contributed by atoms with van der Waals surface area (Å²) in [4.78, 5) is 10.9. The molecule has 0 radical (unpaired) electrons. The first-order chi connectivity index (χ1) is 4.38. The molecular weight excluding hydrogens is 112 g/mol. The number of hydrogen-bond acceptors (Lipinski definition) is 1. The van der Waals surface area contributed by atoms with Crippen LogP contribution in [0.4, 0.5) is 0 Å². The van der Waals surface area contributed by atoms with Gasteiger partial charge in [0.25, 0.3) is 0 Å². The van der Waals surface area contributed by atoms with Crippen molar-refractivity contribution in [3.05, 3.63) is 23.8 Å². The Bertz CT molecular complexity index is 211. The third-order valence-corrected chi connectivity index (χ3v) is 2.08. The molecule has 0 aromatic rings. The van der Waals surface area contributed by atoms with Crippen LogP contribution in [-0.4, -0.2) is 5.78 Å². The van der Waals surface area contributed by atoms with Crippen molar-refractivity contribution in [2.24, 2.45) is 5.92 Å². The second-order valence-electron chi connectivity index (χ2n) is 2.59. The quantitative estimate of drug-likeness (QED) is 0.473. The highest BCUT2D eigenvalue weighted by Gasteiger charge is 2.29. The molecule has 2 aliphatic rings. The van der Waals surface area contributed by atoms with Crippen LogP contribution in [0.5, 0.6) is 0 Å². The molecule has 1 unspecified atom stereocenters. The summed E-state index contributed by atoms with van der Waals surface area (Å²) in [5.74, 6) is 0.591. The Hall–Kier alpha value is -0.850. The maximum absolute atomic E-state index is 10.9. The van der Waals surface area contributed by atoms with Crippen molar-refractivity contribution in [2.75, 3.05) is 0 Å². The summed E-state index contributed by atoms with van der Waals surface area (Å²) < 4.78 is 0. The van der Waals surface area contributed by atoms with Gasteiger partial charge in [-0.25, -0.2) is 0 Å². The Morgan fingerprint density at radius 2 is 2.44 bits per heavy atom. The van der Waals surface area contributed by atoms with E-state index in [4.69, 9.17) is 0 Å². The topological polar surface area (TPSA) is 17.1 Å². The first kappa shape index (κ1) is 4.98. The molecule has 1 fully saturated rings. The molecule has 0 N–H and O–H groups in total. The molecule has 2 rings (SSSR count). The molecule has 0 aliphatic heterocycles. The van der Waals surface area contributed by atoms with E-state index in [9.17, 15) is 4.79 Å². The lowest BCUT2D eigenvalue weighted by molar-refractivity contribution is -0.118. The molecule has 0 bridgehead atoms. The van der Waals surface area contributed by atoms with Gasteiger partial charge in [0.05, 0.1) is 0 Å². The van der Waals surface area contributed by atoms with Gasteiger partial charge in [-0.15, -0.1) is 0 Å². The van der Waals surface area contributed by atoms with Crippen molar-refractivity contribution in [1.82, 2.24) is 0 Å². The van der Waals surface area contributed by atoms with Crippen LogP contribution in [0.2, 0.25) is 0 Å². The Morgan fingerprint density at radius 1 is 1.56 bits per heavy atom. The fourth-order valence-electron chi connectivity index (χ4n) is 1.36. The Labute approximate surface area is 54.1 Å². The van der Waals surface area contributed by atoms with E-state index in [-0.39, 0.29) is 5.92 Å². The summed E-state index contributed by atoms with van der Waals surface area (Å²) in [6, 6.07) is 0. The highest BCUT2D eigenvalue weighted by molar-refractivity contribution is 5.96. The molecule has 1 atom stereocenters.